The second-order valence-electron chi connectivity index (χ2n) is 3.40. The zero-order valence-corrected chi connectivity index (χ0v) is 8.50. The second-order valence-corrected chi connectivity index (χ2v) is 3.40. The summed E-state index contributed by atoms with van der Waals surface area (Å²) in [6.45, 7) is -0.0553. The molecule has 1 aliphatic carbocycles. The van der Waals surface area contributed by atoms with Crippen molar-refractivity contribution in [2.45, 2.75) is 18.9 Å². The third-order valence-electron chi connectivity index (χ3n) is 2.32. The van der Waals surface area contributed by atoms with Crippen molar-refractivity contribution >= 4 is 11.9 Å². The molecule has 0 aliphatic heterocycles. The van der Waals surface area contributed by atoms with E-state index in [-0.39, 0.29) is 18.5 Å². The molecule has 2 N–H and O–H groups in total. The van der Waals surface area contributed by atoms with Crippen LogP contribution in [0.2, 0.25) is 0 Å². The number of carbonyl (C=O) groups excluding carboxylic acids is 2. The van der Waals surface area contributed by atoms with Crippen molar-refractivity contribution in [2.75, 3.05) is 20.7 Å². The molecule has 1 saturated carbocycles. The fraction of sp³-hybridized carbons (Fsp3) is 0.778. The van der Waals surface area contributed by atoms with E-state index in [1.54, 1.807) is 7.05 Å². The van der Waals surface area contributed by atoms with E-state index < -0.39 is 5.97 Å². The summed E-state index contributed by atoms with van der Waals surface area (Å²) < 4.78 is 4.42. The van der Waals surface area contributed by atoms with Gasteiger partial charge in [-0.3, -0.25) is 9.59 Å². The van der Waals surface area contributed by atoms with Crippen molar-refractivity contribution in [1.82, 2.24) is 10.6 Å². The molecule has 0 aromatic heterocycles. The fourth-order valence-corrected chi connectivity index (χ4v) is 1.35. The SMILES string of the molecule is CNC(C(=O)NCC(=O)OC)C1CC1. The molecule has 1 fully saturated rings. The monoisotopic (exact) mass is 200 g/mol. The van der Waals surface area contributed by atoms with Gasteiger partial charge >= 0.3 is 5.97 Å². The van der Waals surface area contributed by atoms with E-state index in [1.165, 1.54) is 7.11 Å². The fourth-order valence-electron chi connectivity index (χ4n) is 1.35. The quantitative estimate of drug-likeness (QED) is 0.574. The predicted molar refractivity (Wildman–Crippen MR) is 50.6 cm³/mol. The largest absolute Gasteiger partial charge is 0.468 e. The Labute approximate surface area is 83.2 Å². The number of ether oxygens (including phenoxy) is 1. The molecule has 0 aromatic carbocycles. The van der Waals surface area contributed by atoms with Crippen LogP contribution in [0.25, 0.3) is 0 Å². The molecule has 5 heteroatoms. The molecular weight excluding hydrogens is 184 g/mol. The van der Waals surface area contributed by atoms with E-state index in [4.69, 9.17) is 0 Å². The molecule has 1 amide bonds. The number of hydrogen-bond donors (Lipinski definition) is 2. The minimum Gasteiger partial charge on any atom is -0.468 e. The van der Waals surface area contributed by atoms with Crippen LogP contribution in [0.5, 0.6) is 0 Å². The summed E-state index contributed by atoms with van der Waals surface area (Å²) in [7, 11) is 3.05. The van der Waals surface area contributed by atoms with Crippen LogP contribution in [0.3, 0.4) is 0 Å². The van der Waals surface area contributed by atoms with E-state index in [1.807, 2.05) is 0 Å². The number of esters is 1. The highest BCUT2D eigenvalue weighted by atomic mass is 16.5. The maximum Gasteiger partial charge on any atom is 0.325 e. The van der Waals surface area contributed by atoms with Crippen molar-refractivity contribution in [3.63, 3.8) is 0 Å². The van der Waals surface area contributed by atoms with E-state index in [0.29, 0.717) is 5.92 Å². The third-order valence-corrected chi connectivity index (χ3v) is 2.32. The lowest BCUT2D eigenvalue weighted by Gasteiger charge is -2.14. The minimum atomic E-state index is -0.427. The second kappa shape index (κ2) is 4.95. The van der Waals surface area contributed by atoms with Gasteiger partial charge in [0.25, 0.3) is 0 Å². The van der Waals surface area contributed by atoms with Crippen LogP contribution in [-0.4, -0.2) is 38.6 Å². The molecule has 0 saturated heterocycles. The van der Waals surface area contributed by atoms with E-state index in [9.17, 15) is 9.59 Å². The van der Waals surface area contributed by atoms with Gasteiger partial charge in [0.1, 0.15) is 6.54 Å². The Kier molecular flexibility index (Phi) is 3.88. The lowest BCUT2D eigenvalue weighted by Crippen LogP contribution is -2.45. The van der Waals surface area contributed by atoms with Gasteiger partial charge in [-0.15, -0.1) is 0 Å². The molecule has 0 aromatic rings. The van der Waals surface area contributed by atoms with Crippen LogP contribution in [-0.2, 0) is 14.3 Å². The Bertz CT molecular complexity index is 226. The first-order chi connectivity index (χ1) is 6.69. The van der Waals surface area contributed by atoms with Crippen LogP contribution < -0.4 is 10.6 Å². The van der Waals surface area contributed by atoms with Gasteiger partial charge < -0.3 is 15.4 Å². The summed E-state index contributed by atoms with van der Waals surface area (Å²) >= 11 is 0. The number of carbonyl (C=O) groups is 2. The average Bonchev–Trinajstić information content (AvgIpc) is 2.99. The molecule has 80 valence electrons. The van der Waals surface area contributed by atoms with Gasteiger partial charge in [0.15, 0.2) is 0 Å². The third kappa shape index (κ3) is 2.99. The lowest BCUT2D eigenvalue weighted by molar-refractivity contribution is -0.141. The maximum absolute atomic E-state index is 11.5. The molecule has 1 atom stereocenters. The Morgan fingerprint density at radius 1 is 1.50 bits per heavy atom. The van der Waals surface area contributed by atoms with E-state index >= 15 is 0 Å². The first-order valence-corrected chi connectivity index (χ1v) is 4.70. The van der Waals surface area contributed by atoms with Gasteiger partial charge in [-0.1, -0.05) is 0 Å². The van der Waals surface area contributed by atoms with Gasteiger partial charge in [0.2, 0.25) is 5.91 Å². The Hall–Kier alpha value is -1.10. The smallest absolute Gasteiger partial charge is 0.325 e. The minimum absolute atomic E-state index is 0.0553. The van der Waals surface area contributed by atoms with Crippen LogP contribution in [0, 0.1) is 5.92 Å². The molecule has 1 unspecified atom stereocenters. The van der Waals surface area contributed by atoms with E-state index in [0.717, 1.165) is 12.8 Å². The standard InChI is InChI=1S/C9H16N2O3/c1-10-8(6-3-4-6)9(13)11-5-7(12)14-2/h6,8,10H,3-5H2,1-2H3,(H,11,13). The summed E-state index contributed by atoms with van der Waals surface area (Å²) in [6.07, 6.45) is 2.16. The molecule has 1 rings (SSSR count). The van der Waals surface area contributed by atoms with Crippen molar-refractivity contribution in [2.24, 2.45) is 5.92 Å². The molecule has 0 radical (unpaired) electrons. The van der Waals surface area contributed by atoms with E-state index in [2.05, 4.69) is 15.4 Å². The lowest BCUT2D eigenvalue weighted by atomic mass is 10.2. The van der Waals surface area contributed by atoms with Crippen molar-refractivity contribution in [3.8, 4) is 0 Å². The summed E-state index contributed by atoms with van der Waals surface area (Å²) in [5.41, 5.74) is 0. The summed E-state index contributed by atoms with van der Waals surface area (Å²) in [5.74, 6) is -0.123. The predicted octanol–water partition coefficient (Wildman–Crippen LogP) is -0.726. The topological polar surface area (TPSA) is 67.4 Å². The van der Waals surface area contributed by atoms with Crippen molar-refractivity contribution in [1.29, 1.82) is 0 Å². The molecule has 5 nitrogen and oxygen atoms in total. The van der Waals surface area contributed by atoms with Crippen LogP contribution in [0.15, 0.2) is 0 Å². The molecule has 0 bridgehead atoms. The highest BCUT2D eigenvalue weighted by molar-refractivity contribution is 5.86. The first-order valence-electron chi connectivity index (χ1n) is 4.70. The van der Waals surface area contributed by atoms with Crippen molar-refractivity contribution in [3.05, 3.63) is 0 Å². The Morgan fingerprint density at radius 3 is 2.57 bits per heavy atom. The van der Waals surface area contributed by atoms with Gasteiger partial charge in [0.05, 0.1) is 13.2 Å². The molecule has 0 heterocycles. The number of amides is 1. The van der Waals surface area contributed by atoms with Gasteiger partial charge in [0, 0.05) is 0 Å². The normalized spacial score (nSPS) is 17.3. The van der Waals surface area contributed by atoms with Gasteiger partial charge in [-0.2, -0.15) is 0 Å². The highest BCUT2D eigenvalue weighted by Crippen LogP contribution is 2.32. The molecular formula is C9H16N2O3. The molecule has 0 spiro atoms. The number of likely N-dealkylation sites (N-methyl/N-ethyl adjacent to an activating group) is 1. The zero-order valence-electron chi connectivity index (χ0n) is 8.50. The van der Waals surface area contributed by atoms with Gasteiger partial charge in [-0.05, 0) is 25.8 Å². The summed E-state index contributed by atoms with van der Waals surface area (Å²) in [4.78, 5) is 22.3. The maximum atomic E-state index is 11.5. The number of rotatable bonds is 5. The zero-order chi connectivity index (χ0) is 10.6. The van der Waals surface area contributed by atoms with Crippen LogP contribution in [0.1, 0.15) is 12.8 Å². The average molecular weight is 200 g/mol. The number of methoxy groups -OCH3 is 1. The van der Waals surface area contributed by atoms with Crippen LogP contribution >= 0.6 is 0 Å². The number of hydrogen-bond acceptors (Lipinski definition) is 4. The van der Waals surface area contributed by atoms with Gasteiger partial charge in [-0.25, -0.2) is 0 Å². The number of nitrogens with one attached hydrogen (secondary N) is 2. The first kappa shape index (κ1) is 11.0. The summed E-state index contributed by atoms with van der Waals surface area (Å²) in [5, 5.41) is 5.47. The Balaban J connectivity index is 2.28. The Morgan fingerprint density at radius 2 is 2.14 bits per heavy atom. The highest BCUT2D eigenvalue weighted by Gasteiger charge is 2.34. The molecule has 14 heavy (non-hydrogen) atoms. The van der Waals surface area contributed by atoms with Crippen molar-refractivity contribution < 1.29 is 14.3 Å². The molecule has 1 aliphatic rings. The van der Waals surface area contributed by atoms with Crippen LogP contribution in [0.4, 0.5) is 0 Å². The summed E-state index contributed by atoms with van der Waals surface area (Å²) in [6, 6.07) is -0.167.